The molecule has 0 aliphatic carbocycles. The van der Waals surface area contributed by atoms with Crippen LogP contribution in [0.25, 0.3) is 10.8 Å². The first-order valence-electron chi connectivity index (χ1n) is 7.71. The van der Waals surface area contributed by atoms with E-state index in [4.69, 9.17) is 4.42 Å². The zero-order valence-electron chi connectivity index (χ0n) is 12.8. The van der Waals surface area contributed by atoms with Crippen LogP contribution < -0.4 is 5.32 Å². The molecule has 2 aromatic carbocycles. The highest BCUT2D eigenvalue weighted by atomic mass is 16.3. The topological polar surface area (TPSA) is 37.5 Å². The molecule has 0 aliphatic heterocycles. The third-order valence-electron chi connectivity index (χ3n) is 3.55. The second-order valence-electron chi connectivity index (χ2n) is 5.25. The third kappa shape index (κ3) is 3.37. The SMILES string of the molecule is CCCCN=C(Nc1ccc2ccccc2c1)c1ccco1. The summed E-state index contributed by atoms with van der Waals surface area (Å²) in [6.07, 6.45) is 3.88. The van der Waals surface area contributed by atoms with E-state index < -0.39 is 0 Å². The van der Waals surface area contributed by atoms with Gasteiger partial charge in [-0.05, 0) is 41.5 Å². The minimum Gasteiger partial charge on any atom is -0.461 e. The summed E-state index contributed by atoms with van der Waals surface area (Å²) in [6, 6.07) is 18.5. The van der Waals surface area contributed by atoms with Crippen molar-refractivity contribution in [3.63, 3.8) is 0 Å². The van der Waals surface area contributed by atoms with Gasteiger partial charge in [-0.3, -0.25) is 4.99 Å². The Morgan fingerprint density at radius 1 is 1.05 bits per heavy atom. The van der Waals surface area contributed by atoms with Gasteiger partial charge in [0.25, 0.3) is 0 Å². The number of anilines is 1. The fraction of sp³-hybridized carbons (Fsp3) is 0.211. The highest BCUT2D eigenvalue weighted by Crippen LogP contribution is 2.19. The maximum absolute atomic E-state index is 5.49. The van der Waals surface area contributed by atoms with E-state index in [0.717, 1.165) is 36.7 Å². The number of aliphatic imine (C=N–C) groups is 1. The van der Waals surface area contributed by atoms with Crippen LogP contribution in [0.1, 0.15) is 25.5 Å². The summed E-state index contributed by atoms with van der Waals surface area (Å²) in [5, 5.41) is 5.83. The lowest BCUT2D eigenvalue weighted by molar-refractivity contribution is 0.557. The molecule has 0 radical (unpaired) electrons. The summed E-state index contributed by atoms with van der Waals surface area (Å²) >= 11 is 0. The van der Waals surface area contributed by atoms with Gasteiger partial charge in [0, 0.05) is 12.2 Å². The lowest BCUT2D eigenvalue weighted by Crippen LogP contribution is -2.13. The quantitative estimate of drug-likeness (QED) is 0.404. The zero-order valence-corrected chi connectivity index (χ0v) is 12.8. The van der Waals surface area contributed by atoms with Gasteiger partial charge in [-0.2, -0.15) is 0 Å². The average Bonchev–Trinajstić information content (AvgIpc) is 3.08. The van der Waals surface area contributed by atoms with Crippen LogP contribution in [0.4, 0.5) is 5.69 Å². The molecule has 3 aromatic rings. The van der Waals surface area contributed by atoms with Crippen molar-refractivity contribution in [2.24, 2.45) is 4.99 Å². The van der Waals surface area contributed by atoms with Gasteiger partial charge in [-0.15, -0.1) is 0 Å². The number of hydrogen-bond donors (Lipinski definition) is 1. The Labute approximate surface area is 130 Å². The Morgan fingerprint density at radius 3 is 2.68 bits per heavy atom. The van der Waals surface area contributed by atoms with Crippen LogP contribution in [0.5, 0.6) is 0 Å². The number of benzene rings is 2. The summed E-state index contributed by atoms with van der Waals surface area (Å²) in [6.45, 7) is 2.96. The molecule has 22 heavy (non-hydrogen) atoms. The van der Waals surface area contributed by atoms with Gasteiger partial charge in [0.05, 0.1) is 6.26 Å². The average molecular weight is 292 g/mol. The summed E-state index contributed by atoms with van der Waals surface area (Å²) < 4.78 is 5.49. The highest BCUT2D eigenvalue weighted by Gasteiger charge is 2.07. The van der Waals surface area contributed by atoms with Crippen LogP contribution in [0.15, 0.2) is 70.3 Å². The van der Waals surface area contributed by atoms with Crippen LogP contribution >= 0.6 is 0 Å². The summed E-state index contributed by atoms with van der Waals surface area (Å²) in [5.74, 6) is 1.55. The molecule has 0 bridgehead atoms. The number of fused-ring (bicyclic) bond motifs is 1. The molecule has 1 aromatic heterocycles. The van der Waals surface area contributed by atoms with E-state index in [1.165, 1.54) is 10.8 Å². The van der Waals surface area contributed by atoms with E-state index in [-0.39, 0.29) is 0 Å². The first kappa shape index (κ1) is 14.4. The normalized spacial score (nSPS) is 11.8. The van der Waals surface area contributed by atoms with Gasteiger partial charge >= 0.3 is 0 Å². The molecule has 0 saturated heterocycles. The molecule has 0 atom stereocenters. The second kappa shape index (κ2) is 6.94. The van der Waals surface area contributed by atoms with Crippen molar-refractivity contribution in [3.05, 3.63) is 66.6 Å². The number of unbranched alkanes of at least 4 members (excludes halogenated alkanes) is 1. The third-order valence-corrected chi connectivity index (χ3v) is 3.55. The van der Waals surface area contributed by atoms with Gasteiger partial charge in [-0.25, -0.2) is 0 Å². The maximum atomic E-state index is 5.49. The van der Waals surface area contributed by atoms with E-state index in [1.54, 1.807) is 6.26 Å². The Balaban J connectivity index is 1.86. The number of rotatable bonds is 5. The van der Waals surface area contributed by atoms with Crippen molar-refractivity contribution >= 4 is 22.3 Å². The van der Waals surface area contributed by atoms with Gasteiger partial charge in [0.1, 0.15) is 0 Å². The second-order valence-corrected chi connectivity index (χ2v) is 5.25. The fourth-order valence-electron chi connectivity index (χ4n) is 2.35. The van der Waals surface area contributed by atoms with Crippen LogP contribution in [0.3, 0.4) is 0 Å². The Hall–Kier alpha value is -2.55. The van der Waals surface area contributed by atoms with Crippen LogP contribution in [-0.4, -0.2) is 12.4 Å². The fourth-order valence-corrected chi connectivity index (χ4v) is 2.35. The van der Waals surface area contributed by atoms with Crippen LogP contribution in [0.2, 0.25) is 0 Å². The standard InChI is InChI=1S/C19H20N2O/c1-2-3-12-20-19(18-9-6-13-22-18)21-17-11-10-15-7-4-5-8-16(15)14-17/h4-11,13-14H,2-3,12H2,1H3,(H,20,21). The molecule has 3 nitrogen and oxygen atoms in total. The van der Waals surface area contributed by atoms with Crippen molar-refractivity contribution in [2.45, 2.75) is 19.8 Å². The van der Waals surface area contributed by atoms with Crippen molar-refractivity contribution in [1.29, 1.82) is 0 Å². The van der Waals surface area contributed by atoms with Gasteiger partial charge in [0.15, 0.2) is 11.6 Å². The molecule has 0 saturated carbocycles. The van der Waals surface area contributed by atoms with E-state index in [0.29, 0.717) is 0 Å². The van der Waals surface area contributed by atoms with Crippen molar-refractivity contribution in [1.82, 2.24) is 0 Å². The van der Waals surface area contributed by atoms with Gasteiger partial charge in [-0.1, -0.05) is 43.7 Å². The predicted octanol–water partition coefficient (Wildman–Crippen LogP) is 5.09. The lowest BCUT2D eigenvalue weighted by atomic mass is 10.1. The summed E-state index contributed by atoms with van der Waals surface area (Å²) in [7, 11) is 0. The Morgan fingerprint density at radius 2 is 1.91 bits per heavy atom. The molecule has 1 heterocycles. The molecule has 0 unspecified atom stereocenters. The highest BCUT2D eigenvalue weighted by molar-refractivity contribution is 6.07. The molecule has 3 heteroatoms. The zero-order chi connectivity index (χ0) is 15.2. The van der Waals surface area contributed by atoms with Crippen LogP contribution in [0, 0.1) is 0 Å². The van der Waals surface area contributed by atoms with Crippen molar-refractivity contribution in [3.8, 4) is 0 Å². The Kier molecular flexibility index (Phi) is 4.54. The van der Waals surface area contributed by atoms with Crippen molar-refractivity contribution in [2.75, 3.05) is 11.9 Å². The van der Waals surface area contributed by atoms with Crippen LogP contribution in [-0.2, 0) is 0 Å². The molecule has 0 aliphatic rings. The number of hydrogen-bond acceptors (Lipinski definition) is 2. The summed E-state index contributed by atoms with van der Waals surface area (Å²) in [5.41, 5.74) is 1.02. The minimum absolute atomic E-state index is 0.768. The Bertz CT molecular complexity index is 760. The number of nitrogens with zero attached hydrogens (tertiary/aromatic N) is 1. The molecular weight excluding hydrogens is 272 g/mol. The molecule has 0 amide bonds. The molecule has 0 fully saturated rings. The first-order valence-corrected chi connectivity index (χ1v) is 7.71. The van der Waals surface area contributed by atoms with Crippen molar-refractivity contribution < 1.29 is 4.42 Å². The minimum atomic E-state index is 0.768. The number of furan rings is 1. The monoisotopic (exact) mass is 292 g/mol. The van der Waals surface area contributed by atoms with E-state index in [2.05, 4.69) is 59.7 Å². The molecule has 112 valence electrons. The molecule has 1 N–H and O–H groups in total. The summed E-state index contributed by atoms with van der Waals surface area (Å²) in [4.78, 5) is 4.64. The number of amidine groups is 1. The molecule has 3 rings (SSSR count). The first-order chi connectivity index (χ1) is 10.9. The molecular formula is C19H20N2O. The maximum Gasteiger partial charge on any atom is 0.169 e. The van der Waals surface area contributed by atoms with E-state index in [1.807, 2.05) is 12.1 Å². The lowest BCUT2D eigenvalue weighted by Gasteiger charge is -2.09. The smallest absolute Gasteiger partial charge is 0.169 e. The van der Waals surface area contributed by atoms with E-state index >= 15 is 0 Å². The van der Waals surface area contributed by atoms with Gasteiger partial charge in [0.2, 0.25) is 0 Å². The largest absolute Gasteiger partial charge is 0.461 e. The van der Waals surface area contributed by atoms with E-state index in [9.17, 15) is 0 Å². The number of nitrogens with one attached hydrogen (secondary N) is 1. The predicted molar refractivity (Wildman–Crippen MR) is 92.6 cm³/mol. The molecule has 0 spiro atoms. The van der Waals surface area contributed by atoms with Gasteiger partial charge < -0.3 is 9.73 Å².